The molecular formula is C33H39F3N8O2S2. The second kappa shape index (κ2) is 13.8. The van der Waals surface area contributed by atoms with Crippen molar-refractivity contribution in [3.8, 4) is 6.07 Å². The second-order valence-corrected chi connectivity index (χ2v) is 15.6. The summed E-state index contributed by atoms with van der Waals surface area (Å²) in [5, 5.41) is 16.1. The van der Waals surface area contributed by atoms with Gasteiger partial charge in [-0.05, 0) is 56.0 Å². The first-order valence-electron chi connectivity index (χ1n) is 16.0. The van der Waals surface area contributed by atoms with Crippen LogP contribution in [-0.4, -0.2) is 94.6 Å². The predicted molar refractivity (Wildman–Crippen MR) is 182 cm³/mol. The number of halogens is 3. The number of alkyl halides is 3. The normalized spacial score (nSPS) is 19.2. The summed E-state index contributed by atoms with van der Waals surface area (Å²) >= 11 is 1.05. The minimum absolute atomic E-state index is 0.151. The lowest BCUT2D eigenvalue weighted by Crippen LogP contribution is -2.53. The minimum atomic E-state index is -4.27. The number of nitriles is 1. The van der Waals surface area contributed by atoms with E-state index in [9.17, 15) is 26.9 Å². The van der Waals surface area contributed by atoms with Crippen LogP contribution in [-0.2, 0) is 29.5 Å². The molecule has 4 aromatic rings. The molecule has 6 rings (SSSR count). The Morgan fingerprint density at radius 1 is 1.10 bits per heavy atom. The Morgan fingerprint density at radius 2 is 1.88 bits per heavy atom. The van der Waals surface area contributed by atoms with Gasteiger partial charge in [0.25, 0.3) is 0 Å². The van der Waals surface area contributed by atoms with Crippen molar-refractivity contribution < 1.29 is 21.6 Å². The number of nitrogens with one attached hydrogen (secondary N) is 1. The van der Waals surface area contributed by atoms with Gasteiger partial charge in [0.2, 0.25) is 10.0 Å². The standard InChI is InChI=1S/C33H39F3N8O2S2/c1-4-48(45,46)44-14-12-42(19-22(44)2)11-13-43-26(18-37)15-28-23(3)24(5-6-30(28)43)20-41-9-7-25(8-10-41)40-31-29-16-27(17-33(34,35)36)47-32(29)39-21-38-31/h4-6,15-16,21-22,25H,1,7-14,17,19-20H2,2-3H3,(H,38,39,40)/t22-/m1/s1. The molecule has 15 heteroatoms. The van der Waals surface area contributed by atoms with Gasteiger partial charge in [0.15, 0.2) is 0 Å². The lowest BCUT2D eigenvalue weighted by molar-refractivity contribution is -0.126. The smallest absolute Gasteiger partial charge is 0.367 e. The molecule has 0 aliphatic carbocycles. The van der Waals surface area contributed by atoms with E-state index in [1.165, 1.54) is 16.2 Å². The van der Waals surface area contributed by atoms with Gasteiger partial charge in [-0.15, -0.1) is 11.3 Å². The van der Waals surface area contributed by atoms with Crippen LogP contribution in [0.25, 0.3) is 21.1 Å². The van der Waals surface area contributed by atoms with Crippen LogP contribution >= 0.6 is 11.3 Å². The summed E-state index contributed by atoms with van der Waals surface area (Å²) in [6, 6.07) is 10.1. The van der Waals surface area contributed by atoms with Gasteiger partial charge in [0, 0.05) is 85.6 Å². The third-order valence-corrected chi connectivity index (χ3v) is 12.1. The zero-order chi connectivity index (χ0) is 34.2. The van der Waals surface area contributed by atoms with Crippen molar-refractivity contribution in [3.05, 3.63) is 64.3 Å². The molecule has 256 valence electrons. The number of anilines is 1. The highest BCUT2D eigenvalue weighted by molar-refractivity contribution is 7.92. The van der Waals surface area contributed by atoms with Crippen molar-refractivity contribution >= 4 is 48.3 Å². The molecule has 0 saturated carbocycles. The number of rotatable bonds is 10. The number of fused-ring (bicyclic) bond motifs is 2. The van der Waals surface area contributed by atoms with Crippen LogP contribution in [0.1, 0.15) is 41.5 Å². The van der Waals surface area contributed by atoms with Gasteiger partial charge >= 0.3 is 6.18 Å². The molecule has 3 aromatic heterocycles. The zero-order valence-corrected chi connectivity index (χ0v) is 28.6. The largest absolute Gasteiger partial charge is 0.393 e. The third-order valence-electron chi connectivity index (χ3n) is 9.49. The fourth-order valence-electron chi connectivity index (χ4n) is 6.94. The number of benzene rings is 1. The van der Waals surface area contributed by atoms with E-state index in [2.05, 4.69) is 61.4 Å². The maximum atomic E-state index is 12.9. The number of sulfonamides is 1. The Balaban J connectivity index is 1.07. The van der Waals surface area contributed by atoms with Crippen LogP contribution in [0, 0.1) is 18.3 Å². The second-order valence-electron chi connectivity index (χ2n) is 12.7. The summed E-state index contributed by atoms with van der Waals surface area (Å²) < 4.78 is 67.0. The fourth-order valence-corrected chi connectivity index (χ4v) is 9.06. The van der Waals surface area contributed by atoms with Crippen molar-refractivity contribution in [1.82, 2.24) is 28.6 Å². The summed E-state index contributed by atoms with van der Waals surface area (Å²) in [5.74, 6) is 0.583. The summed E-state index contributed by atoms with van der Waals surface area (Å²) in [6.45, 7) is 12.9. The number of aromatic nitrogens is 3. The van der Waals surface area contributed by atoms with Gasteiger partial charge < -0.3 is 9.88 Å². The van der Waals surface area contributed by atoms with Crippen LogP contribution in [0.2, 0.25) is 0 Å². The van der Waals surface area contributed by atoms with E-state index in [4.69, 9.17) is 0 Å². The van der Waals surface area contributed by atoms with E-state index in [0.717, 1.165) is 65.7 Å². The lowest BCUT2D eigenvalue weighted by Gasteiger charge is -2.38. The van der Waals surface area contributed by atoms with Gasteiger partial charge in [-0.25, -0.2) is 18.4 Å². The molecule has 2 fully saturated rings. The number of piperidine rings is 1. The Kier molecular flexibility index (Phi) is 9.83. The number of thiophene rings is 1. The monoisotopic (exact) mass is 700 g/mol. The van der Waals surface area contributed by atoms with Crippen molar-refractivity contribution in [2.75, 3.05) is 44.6 Å². The number of hydrogen-bond donors (Lipinski definition) is 1. The highest BCUT2D eigenvalue weighted by atomic mass is 32.2. The van der Waals surface area contributed by atoms with E-state index < -0.39 is 22.6 Å². The summed E-state index contributed by atoms with van der Waals surface area (Å²) in [6.07, 6.45) is -2.10. The molecular weight excluding hydrogens is 662 g/mol. The van der Waals surface area contributed by atoms with Crippen LogP contribution in [0.3, 0.4) is 0 Å². The maximum Gasteiger partial charge on any atom is 0.393 e. The van der Waals surface area contributed by atoms with Gasteiger partial charge in [-0.1, -0.05) is 12.6 Å². The molecule has 2 saturated heterocycles. The van der Waals surface area contributed by atoms with E-state index in [-0.39, 0.29) is 17.0 Å². The first-order valence-corrected chi connectivity index (χ1v) is 18.3. The predicted octanol–water partition coefficient (Wildman–Crippen LogP) is 5.49. The van der Waals surface area contributed by atoms with Crippen LogP contribution in [0.5, 0.6) is 0 Å². The lowest BCUT2D eigenvalue weighted by atomic mass is 10.0. The molecule has 0 unspecified atom stereocenters. The van der Waals surface area contributed by atoms with Crippen LogP contribution in [0.4, 0.5) is 19.0 Å². The molecule has 1 aromatic carbocycles. The molecule has 0 bridgehead atoms. The fraction of sp³-hybridized carbons (Fsp3) is 0.485. The molecule has 5 heterocycles. The molecule has 0 radical (unpaired) electrons. The first kappa shape index (κ1) is 34.3. The molecule has 1 N–H and O–H groups in total. The number of aryl methyl sites for hydroxylation is 1. The molecule has 10 nitrogen and oxygen atoms in total. The zero-order valence-electron chi connectivity index (χ0n) is 27.0. The Labute approximate surface area is 282 Å². The van der Waals surface area contributed by atoms with E-state index in [0.29, 0.717) is 54.5 Å². The molecule has 1 atom stereocenters. The van der Waals surface area contributed by atoms with Crippen molar-refractivity contribution in [1.29, 1.82) is 5.26 Å². The highest BCUT2D eigenvalue weighted by Crippen LogP contribution is 2.33. The van der Waals surface area contributed by atoms with E-state index in [1.807, 2.05) is 13.0 Å². The highest BCUT2D eigenvalue weighted by Gasteiger charge is 2.31. The number of piperazine rings is 1. The van der Waals surface area contributed by atoms with E-state index in [1.54, 1.807) is 6.07 Å². The van der Waals surface area contributed by atoms with Crippen LogP contribution < -0.4 is 5.32 Å². The number of hydrogen-bond acceptors (Lipinski definition) is 9. The van der Waals surface area contributed by atoms with Gasteiger partial charge in [-0.3, -0.25) is 9.80 Å². The number of likely N-dealkylation sites (tertiary alicyclic amines) is 1. The Hall–Kier alpha value is -3.55. The summed E-state index contributed by atoms with van der Waals surface area (Å²) in [5.41, 5.74) is 3.97. The Bertz CT molecular complexity index is 1960. The van der Waals surface area contributed by atoms with Crippen molar-refractivity contribution in [2.45, 2.75) is 64.5 Å². The third kappa shape index (κ3) is 7.37. The maximum absolute atomic E-state index is 12.9. The molecule has 0 spiro atoms. The summed E-state index contributed by atoms with van der Waals surface area (Å²) in [4.78, 5) is 14.0. The summed E-state index contributed by atoms with van der Waals surface area (Å²) in [7, 11) is -3.46. The topological polar surface area (TPSA) is 110 Å². The first-order chi connectivity index (χ1) is 22.8. The molecule has 48 heavy (non-hydrogen) atoms. The molecule has 0 amide bonds. The van der Waals surface area contributed by atoms with Crippen molar-refractivity contribution in [2.24, 2.45) is 0 Å². The molecule has 2 aliphatic rings. The van der Waals surface area contributed by atoms with E-state index >= 15 is 0 Å². The minimum Gasteiger partial charge on any atom is -0.367 e. The van der Waals surface area contributed by atoms with Gasteiger partial charge in [-0.2, -0.15) is 22.7 Å². The van der Waals surface area contributed by atoms with Gasteiger partial charge in [0.05, 0.1) is 11.8 Å². The number of nitrogens with zero attached hydrogens (tertiary/aromatic N) is 7. The average Bonchev–Trinajstić information content (AvgIpc) is 3.62. The quantitative estimate of drug-likeness (QED) is 0.232. The Morgan fingerprint density at radius 3 is 2.56 bits per heavy atom. The van der Waals surface area contributed by atoms with Crippen LogP contribution in [0.15, 0.2) is 42.6 Å². The van der Waals surface area contributed by atoms with Gasteiger partial charge in [0.1, 0.15) is 28.7 Å². The SMILES string of the molecule is C=CS(=O)(=O)N1CCN(CCn2c(C#N)cc3c(C)c(CN4CCC(Nc5ncnc6sc(CC(F)(F)F)cc56)CC4)ccc32)C[C@H]1C. The molecule has 2 aliphatic heterocycles. The average molecular weight is 701 g/mol. The van der Waals surface area contributed by atoms with Crippen molar-refractivity contribution in [3.63, 3.8) is 0 Å².